The maximum Gasteiger partial charge on any atom is 0.0868 e. The Hall–Kier alpha value is -0.860. The lowest BCUT2D eigenvalue weighted by Crippen LogP contribution is -2.34. The minimum atomic E-state index is -0.500. The summed E-state index contributed by atoms with van der Waals surface area (Å²) in [7, 11) is 1.76. The Kier molecular flexibility index (Phi) is 4.03. The minimum absolute atomic E-state index is 0.0855. The lowest BCUT2D eigenvalue weighted by atomic mass is 9.67. The van der Waals surface area contributed by atoms with E-state index in [-0.39, 0.29) is 11.0 Å². The van der Waals surface area contributed by atoms with Crippen molar-refractivity contribution in [2.45, 2.75) is 51.7 Å². The maximum atomic E-state index is 11.4. The molecular weight excluding hydrogens is 236 g/mol. The van der Waals surface area contributed by atoms with Gasteiger partial charge in [-0.15, -0.1) is 12.2 Å². The fourth-order valence-corrected chi connectivity index (χ4v) is 2.95. The van der Waals surface area contributed by atoms with Crippen LogP contribution >= 0.6 is 0 Å². The first-order valence-corrected chi connectivity index (χ1v) is 7.16. The molecule has 0 aromatic rings. The van der Waals surface area contributed by atoms with Crippen LogP contribution in [0.25, 0.3) is 0 Å². The van der Waals surface area contributed by atoms with E-state index in [2.05, 4.69) is 45.1 Å². The highest BCUT2D eigenvalue weighted by Gasteiger charge is 2.33. The molecule has 0 aromatic heterocycles. The number of allylic oxidation sites excluding steroid dienone is 3. The molecule has 0 heterocycles. The summed E-state index contributed by atoms with van der Waals surface area (Å²) in [6.07, 6.45) is 12.8. The Morgan fingerprint density at radius 3 is 2.53 bits per heavy atom. The Morgan fingerprint density at radius 2 is 2.05 bits per heavy atom. The fourth-order valence-electron chi connectivity index (χ4n) is 2.95. The van der Waals surface area contributed by atoms with E-state index in [1.54, 1.807) is 7.11 Å². The SMILES string of the molecule is COC1(C)C=CC(C(C)(C)C2C=CC([O-])CC2)=CC1. The van der Waals surface area contributed by atoms with Crippen molar-refractivity contribution in [1.82, 2.24) is 0 Å². The molecule has 2 rings (SSSR count). The van der Waals surface area contributed by atoms with Crippen molar-refractivity contribution in [3.63, 3.8) is 0 Å². The first kappa shape index (κ1) is 14.5. The average molecular weight is 261 g/mol. The molecule has 0 amide bonds. The highest BCUT2D eigenvalue weighted by atomic mass is 16.5. The van der Waals surface area contributed by atoms with Gasteiger partial charge < -0.3 is 9.84 Å². The maximum absolute atomic E-state index is 11.4. The van der Waals surface area contributed by atoms with E-state index in [1.165, 1.54) is 5.57 Å². The van der Waals surface area contributed by atoms with E-state index in [9.17, 15) is 5.11 Å². The monoisotopic (exact) mass is 261 g/mol. The first-order valence-electron chi connectivity index (χ1n) is 7.16. The Labute approximate surface area is 116 Å². The van der Waals surface area contributed by atoms with Gasteiger partial charge in [0.15, 0.2) is 0 Å². The third kappa shape index (κ3) is 3.01. The van der Waals surface area contributed by atoms with Crippen molar-refractivity contribution in [3.8, 4) is 0 Å². The van der Waals surface area contributed by atoms with Crippen LogP contribution in [0.15, 0.2) is 36.0 Å². The van der Waals surface area contributed by atoms with Gasteiger partial charge in [-0.1, -0.05) is 44.6 Å². The molecule has 2 aliphatic carbocycles. The smallest absolute Gasteiger partial charge is 0.0868 e. The number of hydrogen-bond acceptors (Lipinski definition) is 2. The van der Waals surface area contributed by atoms with Crippen LogP contribution < -0.4 is 5.11 Å². The zero-order chi connectivity index (χ0) is 14.1. The third-order valence-corrected chi connectivity index (χ3v) is 4.80. The van der Waals surface area contributed by atoms with Crippen LogP contribution in [0.4, 0.5) is 0 Å². The summed E-state index contributed by atoms with van der Waals surface area (Å²) in [6, 6.07) is 0. The number of rotatable bonds is 3. The molecule has 19 heavy (non-hydrogen) atoms. The highest BCUT2D eigenvalue weighted by Crippen LogP contribution is 2.43. The summed E-state index contributed by atoms with van der Waals surface area (Å²) in [4.78, 5) is 0. The lowest BCUT2D eigenvalue weighted by Gasteiger charge is -2.40. The van der Waals surface area contributed by atoms with Gasteiger partial charge in [0, 0.05) is 7.11 Å². The molecule has 0 radical (unpaired) electrons. The molecular formula is C17H25O2-. The quantitative estimate of drug-likeness (QED) is 0.732. The summed E-state index contributed by atoms with van der Waals surface area (Å²) in [5.41, 5.74) is 1.28. The van der Waals surface area contributed by atoms with Crippen molar-refractivity contribution in [2.24, 2.45) is 11.3 Å². The molecule has 0 bridgehead atoms. The third-order valence-electron chi connectivity index (χ3n) is 4.80. The van der Waals surface area contributed by atoms with Crippen molar-refractivity contribution in [2.75, 3.05) is 7.11 Å². The first-order chi connectivity index (χ1) is 8.87. The van der Waals surface area contributed by atoms with Gasteiger partial charge in [-0.2, -0.15) is 0 Å². The van der Waals surface area contributed by atoms with E-state index in [4.69, 9.17) is 4.74 Å². The molecule has 2 heteroatoms. The fraction of sp³-hybridized carbons (Fsp3) is 0.647. The lowest BCUT2D eigenvalue weighted by molar-refractivity contribution is -0.406. The topological polar surface area (TPSA) is 32.3 Å². The molecule has 0 aliphatic heterocycles. The predicted octanol–water partition coefficient (Wildman–Crippen LogP) is 3.00. The summed E-state index contributed by atoms with van der Waals surface area (Å²) >= 11 is 0. The number of ether oxygens (including phenoxy) is 1. The van der Waals surface area contributed by atoms with Crippen molar-refractivity contribution in [1.29, 1.82) is 0 Å². The van der Waals surface area contributed by atoms with Crippen LogP contribution in [0, 0.1) is 11.3 Å². The van der Waals surface area contributed by atoms with Crippen LogP contribution in [-0.4, -0.2) is 18.8 Å². The van der Waals surface area contributed by atoms with Crippen molar-refractivity contribution < 1.29 is 9.84 Å². The molecule has 106 valence electrons. The van der Waals surface area contributed by atoms with Gasteiger partial charge >= 0.3 is 0 Å². The van der Waals surface area contributed by atoms with Crippen LogP contribution in [0.1, 0.15) is 40.0 Å². The minimum Gasteiger partial charge on any atom is -0.849 e. The molecule has 0 spiro atoms. The predicted molar refractivity (Wildman–Crippen MR) is 76.7 cm³/mol. The van der Waals surface area contributed by atoms with Gasteiger partial charge in [-0.05, 0) is 36.7 Å². The summed E-state index contributed by atoms with van der Waals surface area (Å²) in [5, 5.41) is 11.4. The second-order valence-electron chi connectivity index (χ2n) is 6.54. The van der Waals surface area contributed by atoms with Crippen LogP contribution in [-0.2, 0) is 4.74 Å². The zero-order valence-electron chi connectivity index (χ0n) is 12.5. The van der Waals surface area contributed by atoms with Gasteiger partial charge in [0.2, 0.25) is 0 Å². The van der Waals surface area contributed by atoms with Gasteiger partial charge in [0.05, 0.1) is 5.60 Å². The Bertz CT molecular complexity index is 417. The normalized spacial score (nSPS) is 35.3. The molecule has 0 saturated carbocycles. The van der Waals surface area contributed by atoms with Gasteiger partial charge in [-0.3, -0.25) is 0 Å². The van der Waals surface area contributed by atoms with Gasteiger partial charge in [0.1, 0.15) is 0 Å². The second-order valence-corrected chi connectivity index (χ2v) is 6.54. The van der Waals surface area contributed by atoms with Crippen LogP contribution in [0.5, 0.6) is 0 Å². The summed E-state index contributed by atoms with van der Waals surface area (Å²) in [6.45, 7) is 6.66. The van der Waals surface area contributed by atoms with Crippen molar-refractivity contribution >= 4 is 0 Å². The number of methoxy groups -OCH3 is 1. The molecule has 3 unspecified atom stereocenters. The highest BCUT2D eigenvalue weighted by molar-refractivity contribution is 5.34. The van der Waals surface area contributed by atoms with Crippen molar-refractivity contribution in [3.05, 3.63) is 36.0 Å². The van der Waals surface area contributed by atoms with Gasteiger partial charge in [0.25, 0.3) is 0 Å². The Balaban J connectivity index is 2.14. The van der Waals surface area contributed by atoms with Gasteiger partial charge in [-0.25, -0.2) is 0 Å². The van der Waals surface area contributed by atoms with E-state index >= 15 is 0 Å². The molecule has 2 aliphatic rings. The van der Waals surface area contributed by atoms with Crippen LogP contribution in [0.2, 0.25) is 0 Å². The molecule has 3 atom stereocenters. The summed E-state index contributed by atoms with van der Waals surface area (Å²) in [5.74, 6) is 0.459. The Morgan fingerprint density at radius 1 is 1.32 bits per heavy atom. The molecule has 0 saturated heterocycles. The molecule has 2 nitrogen and oxygen atoms in total. The van der Waals surface area contributed by atoms with E-state index in [0.717, 1.165) is 19.3 Å². The van der Waals surface area contributed by atoms with E-state index < -0.39 is 6.10 Å². The van der Waals surface area contributed by atoms with E-state index in [0.29, 0.717) is 5.92 Å². The molecule has 0 fully saturated rings. The molecule has 0 N–H and O–H groups in total. The largest absolute Gasteiger partial charge is 0.849 e. The standard InChI is InChI=1S/C17H25O2/c1-16(2,13-5-7-15(18)8-6-13)14-9-11-17(3,19-4)12-10-14/h5,7,9-11,13,15H,6,8,12H2,1-4H3/q-1. The second kappa shape index (κ2) is 5.26. The number of hydrogen-bond donors (Lipinski definition) is 0. The molecule has 0 aromatic carbocycles. The average Bonchev–Trinajstić information content (AvgIpc) is 2.40. The zero-order valence-corrected chi connectivity index (χ0v) is 12.5. The van der Waals surface area contributed by atoms with Crippen LogP contribution in [0.3, 0.4) is 0 Å². The van der Waals surface area contributed by atoms with E-state index in [1.807, 2.05) is 6.08 Å². The summed E-state index contributed by atoms with van der Waals surface area (Å²) < 4.78 is 5.51.